The van der Waals surface area contributed by atoms with E-state index in [2.05, 4.69) is 20.5 Å². The van der Waals surface area contributed by atoms with Crippen molar-refractivity contribution in [3.05, 3.63) is 40.9 Å². The Morgan fingerprint density at radius 1 is 1.15 bits per heavy atom. The van der Waals surface area contributed by atoms with E-state index in [1.165, 1.54) is 36.3 Å². The second-order valence-electron chi connectivity index (χ2n) is 10.1. The lowest BCUT2D eigenvalue weighted by Gasteiger charge is -2.34. The van der Waals surface area contributed by atoms with Crippen molar-refractivity contribution in [1.29, 1.82) is 0 Å². The zero-order chi connectivity index (χ0) is 30.1. The Hall–Kier alpha value is -3.56. The monoisotopic (exact) mass is 615 g/mol. The molecule has 1 atom stereocenters. The molecule has 16 heteroatoms. The Kier molecular flexibility index (Phi) is 8.70. The third-order valence-corrected chi connectivity index (χ3v) is 7.75. The summed E-state index contributed by atoms with van der Waals surface area (Å²) >= 11 is 6.41. The summed E-state index contributed by atoms with van der Waals surface area (Å²) in [5.74, 6) is 0.177. The molecule has 0 aliphatic carbocycles. The zero-order valence-corrected chi connectivity index (χ0v) is 24.2. The van der Waals surface area contributed by atoms with Gasteiger partial charge in [0.2, 0.25) is 11.9 Å². The molecular formula is C25H29ClF3N7O4S. The highest BCUT2D eigenvalue weighted by atomic mass is 35.5. The summed E-state index contributed by atoms with van der Waals surface area (Å²) in [5.41, 5.74) is 3.59. The molecular weight excluding hydrogens is 587 g/mol. The van der Waals surface area contributed by atoms with Crippen molar-refractivity contribution >= 4 is 46.3 Å². The molecule has 0 radical (unpaired) electrons. The van der Waals surface area contributed by atoms with Crippen molar-refractivity contribution in [2.45, 2.75) is 37.4 Å². The first-order valence-electron chi connectivity index (χ1n) is 12.3. The molecule has 1 unspecified atom stereocenters. The van der Waals surface area contributed by atoms with Crippen molar-refractivity contribution in [2.75, 3.05) is 44.3 Å². The fourth-order valence-corrected chi connectivity index (χ4v) is 5.78. The number of piperazine rings is 1. The number of rotatable bonds is 6. The molecule has 2 heterocycles. The van der Waals surface area contributed by atoms with Crippen LogP contribution in [0.15, 0.2) is 35.2 Å². The molecule has 2 aromatic carbocycles. The molecule has 41 heavy (non-hydrogen) atoms. The number of hydrogen-bond acceptors (Lipinski definition) is 8. The van der Waals surface area contributed by atoms with Crippen LogP contribution in [0.25, 0.3) is 11.1 Å². The van der Waals surface area contributed by atoms with Gasteiger partial charge in [-0.05, 0) is 50.6 Å². The number of nitrogens with zero attached hydrogens (tertiary/aromatic N) is 4. The highest BCUT2D eigenvalue weighted by Gasteiger charge is 2.36. The summed E-state index contributed by atoms with van der Waals surface area (Å²) in [6.07, 6.45) is -5.26. The van der Waals surface area contributed by atoms with Crippen molar-refractivity contribution in [1.82, 2.24) is 24.4 Å². The Morgan fingerprint density at radius 3 is 2.39 bits per heavy atom. The average molecular weight is 616 g/mol. The number of hydrogen-bond donors (Lipinski definition) is 3. The van der Waals surface area contributed by atoms with Gasteiger partial charge in [-0.15, -0.1) is 5.10 Å². The van der Waals surface area contributed by atoms with E-state index in [4.69, 9.17) is 26.8 Å². The zero-order valence-electron chi connectivity index (χ0n) is 22.6. The number of nitrogen functional groups attached to an aromatic ring is 1. The van der Waals surface area contributed by atoms with E-state index in [0.717, 1.165) is 6.07 Å². The van der Waals surface area contributed by atoms with Gasteiger partial charge in [0.1, 0.15) is 22.3 Å². The van der Waals surface area contributed by atoms with Gasteiger partial charge in [0.15, 0.2) is 0 Å². The first kappa shape index (κ1) is 30.4. The van der Waals surface area contributed by atoms with Crippen molar-refractivity contribution in [3.8, 4) is 16.9 Å². The van der Waals surface area contributed by atoms with Crippen LogP contribution in [0, 0.1) is 0 Å². The number of nitrogens with two attached hydrogens (primary N) is 1. The van der Waals surface area contributed by atoms with Crippen LogP contribution in [-0.2, 0) is 21.9 Å². The number of H-pyrrole nitrogens is 1. The van der Waals surface area contributed by atoms with E-state index in [0.29, 0.717) is 0 Å². The molecule has 0 bridgehead atoms. The molecule has 1 amide bonds. The summed E-state index contributed by atoms with van der Waals surface area (Å²) in [4.78, 5) is 17.9. The summed E-state index contributed by atoms with van der Waals surface area (Å²) in [6.45, 7) is 6.32. The largest absolute Gasteiger partial charge is 0.495 e. The van der Waals surface area contributed by atoms with Gasteiger partial charge in [-0.2, -0.15) is 18.2 Å². The fraction of sp³-hybridized carbons (Fsp3) is 0.400. The molecule has 1 aliphatic heterocycles. The standard InChI is InChI=1S/C25H29ClF3N7O4S/c1-24(2,3)40-23(37)35-7-9-36(10-8-35)41(38)19-11-14(5-6-18(19)39-4)20-16(25(27,28)29)12-15(13-17(20)26)31-22-32-21(30)33-34-22/h5-6,11-13H,7-10H2,1-4H3,(H4,30,31,32,33,34). The van der Waals surface area contributed by atoms with Crippen LogP contribution in [0.1, 0.15) is 26.3 Å². The number of halogens is 4. The molecule has 1 saturated heterocycles. The maximum absolute atomic E-state index is 14.3. The smallest absolute Gasteiger partial charge is 0.417 e. The molecule has 1 fully saturated rings. The predicted molar refractivity (Wildman–Crippen MR) is 148 cm³/mol. The molecule has 1 aliphatic rings. The van der Waals surface area contributed by atoms with Gasteiger partial charge in [0.25, 0.3) is 0 Å². The number of carbonyl (C=O) groups is 1. The second kappa shape index (κ2) is 11.7. The Morgan fingerprint density at radius 2 is 1.83 bits per heavy atom. The molecule has 11 nitrogen and oxygen atoms in total. The number of nitrogens with one attached hydrogen (secondary N) is 2. The minimum Gasteiger partial charge on any atom is -0.495 e. The van der Waals surface area contributed by atoms with Crippen LogP contribution in [0.4, 0.5) is 35.5 Å². The maximum Gasteiger partial charge on any atom is 0.417 e. The fourth-order valence-electron chi connectivity index (χ4n) is 4.13. The van der Waals surface area contributed by atoms with Crippen molar-refractivity contribution in [3.63, 3.8) is 0 Å². The number of anilines is 3. The number of carbonyl (C=O) groups excluding carboxylic acids is 1. The molecule has 4 N–H and O–H groups in total. The highest BCUT2D eigenvalue weighted by molar-refractivity contribution is 7.82. The normalized spacial score (nSPS) is 15.5. The number of benzene rings is 2. The molecule has 1 aromatic heterocycles. The minimum atomic E-state index is -4.79. The lowest BCUT2D eigenvalue weighted by molar-refractivity contribution is -0.137. The maximum atomic E-state index is 14.3. The van der Waals surface area contributed by atoms with E-state index in [1.807, 2.05) is 0 Å². The topological polar surface area (TPSA) is 139 Å². The number of aromatic nitrogens is 3. The number of amides is 1. The Balaban J connectivity index is 1.64. The minimum absolute atomic E-state index is 0.00903. The van der Waals surface area contributed by atoms with Gasteiger partial charge < -0.3 is 25.4 Å². The van der Waals surface area contributed by atoms with Crippen LogP contribution < -0.4 is 15.8 Å². The molecule has 3 aromatic rings. The number of alkyl halides is 3. The number of methoxy groups -OCH3 is 1. The van der Waals surface area contributed by atoms with E-state index in [9.17, 15) is 22.2 Å². The first-order chi connectivity index (χ1) is 19.2. The summed E-state index contributed by atoms with van der Waals surface area (Å²) in [5, 5.41) is 8.58. The average Bonchev–Trinajstić information content (AvgIpc) is 3.30. The predicted octanol–water partition coefficient (Wildman–Crippen LogP) is 5.05. The molecule has 0 spiro atoms. The van der Waals surface area contributed by atoms with Crippen LogP contribution in [-0.4, -0.2) is 73.6 Å². The quantitative estimate of drug-likeness (QED) is 0.350. The third kappa shape index (κ3) is 7.21. The van der Waals surface area contributed by atoms with Gasteiger partial charge in [0, 0.05) is 37.4 Å². The van der Waals surface area contributed by atoms with Crippen LogP contribution in [0.3, 0.4) is 0 Å². The molecule has 222 valence electrons. The van der Waals surface area contributed by atoms with Crippen molar-refractivity contribution < 1.29 is 31.6 Å². The second-order valence-corrected chi connectivity index (χ2v) is 11.9. The van der Waals surface area contributed by atoms with Gasteiger partial charge in [0.05, 0.1) is 22.6 Å². The van der Waals surface area contributed by atoms with Crippen molar-refractivity contribution in [2.24, 2.45) is 0 Å². The Bertz CT molecular complexity index is 1450. The van der Waals surface area contributed by atoms with E-state index >= 15 is 0 Å². The third-order valence-electron chi connectivity index (χ3n) is 5.92. The van der Waals surface area contributed by atoms with Gasteiger partial charge in [-0.1, -0.05) is 17.7 Å². The lowest BCUT2D eigenvalue weighted by Crippen LogP contribution is -2.50. The van der Waals surface area contributed by atoms with Gasteiger partial charge in [-0.3, -0.25) is 0 Å². The highest BCUT2D eigenvalue weighted by Crippen LogP contribution is 2.44. The lowest BCUT2D eigenvalue weighted by atomic mass is 9.98. The van der Waals surface area contributed by atoms with E-state index in [-0.39, 0.29) is 70.6 Å². The van der Waals surface area contributed by atoms with E-state index in [1.54, 1.807) is 25.1 Å². The SMILES string of the molecule is COc1ccc(-c2c(Cl)cc(Nc3n[nH]c(N)n3)cc2C(F)(F)F)cc1S(=O)N1CCN(C(=O)OC(C)(C)C)CC1. The summed E-state index contributed by atoms with van der Waals surface area (Å²) in [6, 6.07) is 6.41. The van der Waals surface area contributed by atoms with E-state index < -0.39 is 34.4 Å². The van der Waals surface area contributed by atoms with Crippen LogP contribution in [0.5, 0.6) is 5.75 Å². The summed E-state index contributed by atoms with van der Waals surface area (Å²) < 4.78 is 68.8. The summed E-state index contributed by atoms with van der Waals surface area (Å²) in [7, 11) is -0.439. The molecule has 4 rings (SSSR count). The molecule has 0 saturated carbocycles. The number of ether oxygens (including phenoxy) is 2. The van der Waals surface area contributed by atoms with Crippen LogP contribution >= 0.6 is 11.6 Å². The Labute approximate surface area is 241 Å². The van der Waals surface area contributed by atoms with Crippen LogP contribution in [0.2, 0.25) is 5.02 Å². The van der Waals surface area contributed by atoms with Gasteiger partial charge in [-0.25, -0.2) is 18.4 Å². The van der Waals surface area contributed by atoms with Gasteiger partial charge >= 0.3 is 12.3 Å². The first-order valence-corrected chi connectivity index (χ1v) is 13.8. The number of aromatic amines is 1.